The van der Waals surface area contributed by atoms with E-state index in [-0.39, 0.29) is 0 Å². The number of azide groups is 1. The van der Waals surface area contributed by atoms with Crippen LogP contribution in [0.3, 0.4) is 0 Å². The first kappa shape index (κ1) is 10.6. The highest BCUT2D eigenvalue weighted by Gasteiger charge is 1.92. The normalized spacial score (nSPS) is 10.1. The number of hydrogen-bond donors (Lipinski definition) is 0. The van der Waals surface area contributed by atoms with Gasteiger partial charge in [0.25, 0.3) is 0 Å². The predicted octanol–water partition coefficient (Wildman–Crippen LogP) is 3.97. The topological polar surface area (TPSA) is 48.8 Å². The van der Waals surface area contributed by atoms with E-state index in [0.29, 0.717) is 11.6 Å². The van der Waals surface area contributed by atoms with Crippen molar-refractivity contribution in [2.75, 3.05) is 6.54 Å². The standard InChI is InChI=1S/C10H10ClN3/c1-8-5-9(7-10(11)6-8)3-2-4-13-14-12/h2-3,5-7H,4H2,1H3. The molecule has 0 saturated heterocycles. The molecule has 0 spiro atoms. The summed E-state index contributed by atoms with van der Waals surface area (Å²) in [5, 5.41) is 4.11. The van der Waals surface area contributed by atoms with Crippen molar-refractivity contribution in [3.8, 4) is 0 Å². The molecule has 0 bridgehead atoms. The van der Waals surface area contributed by atoms with Crippen LogP contribution in [0, 0.1) is 6.92 Å². The van der Waals surface area contributed by atoms with Gasteiger partial charge in [-0.1, -0.05) is 34.9 Å². The van der Waals surface area contributed by atoms with Gasteiger partial charge in [-0.3, -0.25) is 0 Å². The van der Waals surface area contributed by atoms with E-state index in [1.165, 1.54) is 0 Å². The number of halogens is 1. The van der Waals surface area contributed by atoms with E-state index >= 15 is 0 Å². The highest BCUT2D eigenvalue weighted by Crippen LogP contribution is 2.15. The Bertz CT molecular complexity index is 372. The third-order valence-electron chi connectivity index (χ3n) is 1.63. The van der Waals surface area contributed by atoms with Crippen LogP contribution in [0.5, 0.6) is 0 Å². The first-order valence-electron chi connectivity index (χ1n) is 4.17. The van der Waals surface area contributed by atoms with E-state index in [1.54, 1.807) is 6.08 Å². The van der Waals surface area contributed by atoms with Crippen LogP contribution in [-0.4, -0.2) is 6.54 Å². The molecule has 0 N–H and O–H groups in total. The minimum absolute atomic E-state index is 0.363. The number of hydrogen-bond acceptors (Lipinski definition) is 1. The summed E-state index contributed by atoms with van der Waals surface area (Å²) < 4.78 is 0. The van der Waals surface area contributed by atoms with Crippen molar-refractivity contribution >= 4 is 17.7 Å². The van der Waals surface area contributed by atoms with Crippen LogP contribution in [0.4, 0.5) is 0 Å². The van der Waals surface area contributed by atoms with E-state index in [4.69, 9.17) is 17.1 Å². The second kappa shape index (κ2) is 5.32. The van der Waals surface area contributed by atoms with Crippen molar-refractivity contribution in [3.05, 3.63) is 50.9 Å². The maximum Gasteiger partial charge on any atom is 0.0443 e. The molecule has 0 heterocycles. The van der Waals surface area contributed by atoms with Gasteiger partial charge in [-0.15, -0.1) is 0 Å². The zero-order chi connectivity index (χ0) is 10.4. The van der Waals surface area contributed by atoms with Crippen molar-refractivity contribution in [1.29, 1.82) is 0 Å². The van der Waals surface area contributed by atoms with Gasteiger partial charge < -0.3 is 0 Å². The molecular weight excluding hydrogens is 198 g/mol. The Balaban J connectivity index is 2.75. The van der Waals surface area contributed by atoms with Crippen molar-refractivity contribution in [3.63, 3.8) is 0 Å². The van der Waals surface area contributed by atoms with Gasteiger partial charge in [-0.2, -0.15) is 0 Å². The predicted molar refractivity (Wildman–Crippen MR) is 59.2 cm³/mol. The van der Waals surface area contributed by atoms with Crippen LogP contribution in [0.15, 0.2) is 29.4 Å². The Morgan fingerprint density at radius 2 is 2.29 bits per heavy atom. The number of aryl methyl sites for hydroxylation is 1. The van der Waals surface area contributed by atoms with E-state index in [2.05, 4.69) is 10.0 Å². The highest BCUT2D eigenvalue weighted by atomic mass is 35.5. The number of rotatable bonds is 3. The molecule has 1 aromatic carbocycles. The lowest BCUT2D eigenvalue weighted by Crippen LogP contribution is -1.77. The molecule has 72 valence electrons. The van der Waals surface area contributed by atoms with Crippen LogP contribution in [0.2, 0.25) is 5.02 Å². The maximum absolute atomic E-state index is 8.06. The Kier molecular flexibility index (Phi) is 4.05. The van der Waals surface area contributed by atoms with E-state index in [9.17, 15) is 0 Å². The minimum atomic E-state index is 0.363. The molecule has 0 aliphatic rings. The fourth-order valence-electron chi connectivity index (χ4n) is 1.13. The van der Waals surface area contributed by atoms with Crippen molar-refractivity contribution < 1.29 is 0 Å². The molecule has 0 unspecified atom stereocenters. The first-order chi connectivity index (χ1) is 6.72. The van der Waals surface area contributed by atoms with Gasteiger partial charge in [0.15, 0.2) is 0 Å². The lowest BCUT2D eigenvalue weighted by molar-refractivity contribution is 1.22. The smallest absolute Gasteiger partial charge is 0.0443 e. The van der Waals surface area contributed by atoms with Gasteiger partial charge in [0, 0.05) is 16.5 Å². The molecule has 1 rings (SSSR count). The van der Waals surface area contributed by atoms with Crippen LogP contribution in [-0.2, 0) is 0 Å². The Morgan fingerprint density at radius 1 is 1.50 bits per heavy atom. The molecule has 0 saturated carbocycles. The molecule has 0 aromatic heterocycles. The lowest BCUT2D eigenvalue weighted by atomic mass is 10.1. The van der Waals surface area contributed by atoms with Crippen LogP contribution < -0.4 is 0 Å². The van der Waals surface area contributed by atoms with Crippen LogP contribution >= 0.6 is 11.6 Å². The SMILES string of the molecule is Cc1cc(Cl)cc(C=CCN=[N+]=[N-])c1. The number of benzene rings is 1. The van der Waals surface area contributed by atoms with E-state index in [1.807, 2.05) is 31.2 Å². The molecule has 0 radical (unpaired) electrons. The second-order valence-corrected chi connectivity index (χ2v) is 3.31. The zero-order valence-electron chi connectivity index (χ0n) is 7.81. The zero-order valence-corrected chi connectivity index (χ0v) is 8.57. The molecule has 0 fully saturated rings. The Hall–Kier alpha value is -1.44. The Morgan fingerprint density at radius 3 is 2.93 bits per heavy atom. The molecule has 0 aliphatic carbocycles. The van der Waals surface area contributed by atoms with Crippen molar-refractivity contribution in [2.24, 2.45) is 5.11 Å². The fraction of sp³-hybridized carbons (Fsp3) is 0.200. The fourth-order valence-corrected chi connectivity index (χ4v) is 1.43. The first-order valence-corrected chi connectivity index (χ1v) is 4.55. The molecule has 0 aliphatic heterocycles. The Labute approximate surface area is 87.6 Å². The third kappa shape index (κ3) is 3.52. The summed E-state index contributed by atoms with van der Waals surface area (Å²) in [5.41, 5.74) is 10.2. The van der Waals surface area contributed by atoms with Crippen LogP contribution in [0.1, 0.15) is 11.1 Å². The summed E-state index contributed by atoms with van der Waals surface area (Å²) in [6, 6.07) is 5.77. The molecule has 1 aromatic rings. The summed E-state index contributed by atoms with van der Waals surface area (Å²) in [7, 11) is 0. The second-order valence-electron chi connectivity index (χ2n) is 2.88. The van der Waals surface area contributed by atoms with Crippen molar-refractivity contribution in [2.45, 2.75) is 6.92 Å². The maximum atomic E-state index is 8.06. The lowest BCUT2D eigenvalue weighted by Gasteiger charge is -1.97. The van der Waals surface area contributed by atoms with Gasteiger partial charge in [0.2, 0.25) is 0 Å². The quantitative estimate of drug-likeness (QED) is 0.409. The summed E-state index contributed by atoms with van der Waals surface area (Å²) >= 11 is 5.87. The summed E-state index contributed by atoms with van der Waals surface area (Å²) in [6.45, 7) is 2.35. The molecule has 0 atom stereocenters. The average Bonchev–Trinajstić information content (AvgIpc) is 2.11. The van der Waals surface area contributed by atoms with E-state index in [0.717, 1.165) is 11.1 Å². The largest absolute Gasteiger partial charge is 0.0899 e. The third-order valence-corrected chi connectivity index (χ3v) is 1.84. The minimum Gasteiger partial charge on any atom is -0.0899 e. The number of nitrogens with zero attached hydrogens (tertiary/aromatic N) is 3. The van der Waals surface area contributed by atoms with Gasteiger partial charge in [0.05, 0.1) is 0 Å². The summed E-state index contributed by atoms with van der Waals surface area (Å²) in [6.07, 6.45) is 3.68. The molecule has 4 heteroatoms. The van der Waals surface area contributed by atoms with Gasteiger partial charge in [-0.05, 0) is 35.7 Å². The highest BCUT2D eigenvalue weighted by molar-refractivity contribution is 6.30. The average molecular weight is 208 g/mol. The van der Waals surface area contributed by atoms with Gasteiger partial charge in [-0.25, -0.2) is 0 Å². The van der Waals surface area contributed by atoms with Gasteiger partial charge >= 0.3 is 0 Å². The molecule has 0 amide bonds. The summed E-state index contributed by atoms with van der Waals surface area (Å²) in [5.74, 6) is 0. The monoisotopic (exact) mass is 207 g/mol. The van der Waals surface area contributed by atoms with Crippen LogP contribution in [0.25, 0.3) is 16.5 Å². The molecular formula is C10H10ClN3. The van der Waals surface area contributed by atoms with Gasteiger partial charge in [0.1, 0.15) is 0 Å². The molecule has 3 nitrogen and oxygen atoms in total. The van der Waals surface area contributed by atoms with E-state index < -0.39 is 0 Å². The summed E-state index contributed by atoms with van der Waals surface area (Å²) in [4.78, 5) is 2.65. The molecule has 14 heavy (non-hydrogen) atoms. The van der Waals surface area contributed by atoms with Crippen molar-refractivity contribution in [1.82, 2.24) is 0 Å².